The molecular formula is C19H26N4O5S. The SMILES string of the molecule is CCOC(=O)CCNC(=S)N1CCCN1C(=O)Nc1cccc(C(=O)OCC)c1. The van der Waals surface area contributed by atoms with Gasteiger partial charge >= 0.3 is 18.0 Å². The molecule has 1 aromatic rings. The Bertz CT molecular complexity index is 758. The van der Waals surface area contributed by atoms with Gasteiger partial charge in [0.15, 0.2) is 5.11 Å². The van der Waals surface area contributed by atoms with E-state index in [0.717, 1.165) is 6.42 Å². The first-order valence-corrected chi connectivity index (χ1v) is 9.93. The smallest absolute Gasteiger partial charge is 0.340 e. The molecule has 2 amide bonds. The van der Waals surface area contributed by atoms with Crippen molar-refractivity contribution >= 4 is 41.0 Å². The molecule has 1 heterocycles. The number of rotatable bonds is 7. The summed E-state index contributed by atoms with van der Waals surface area (Å²) in [7, 11) is 0. The molecule has 1 saturated heterocycles. The van der Waals surface area contributed by atoms with Crippen LogP contribution in [0.15, 0.2) is 24.3 Å². The van der Waals surface area contributed by atoms with Crippen molar-refractivity contribution in [2.24, 2.45) is 0 Å². The molecule has 2 rings (SSSR count). The van der Waals surface area contributed by atoms with Crippen molar-refractivity contribution in [1.29, 1.82) is 0 Å². The van der Waals surface area contributed by atoms with E-state index in [-0.39, 0.29) is 25.0 Å². The van der Waals surface area contributed by atoms with Gasteiger partial charge in [0, 0.05) is 25.3 Å². The number of anilines is 1. The van der Waals surface area contributed by atoms with E-state index in [4.69, 9.17) is 21.7 Å². The summed E-state index contributed by atoms with van der Waals surface area (Å²) < 4.78 is 9.85. The maximum Gasteiger partial charge on any atom is 0.340 e. The molecule has 1 aliphatic rings. The molecular weight excluding hydrogens is 396 g/mol. The van der Waals surface area contributed by atoms with Gasteiger partial charge in [0.05, 0.1) is 25.2 Å². The molecule has 0 unspecified atom stereocenters. The summed E-state index contributed by atoms with van der Waals surface area (Å²) in [6, 6.07) is 6.19. The first-order valence-electron chi connectivity index (χ1n) is 9.52. The summed E-state index contributed by atoms with van der Waals surface area (Å²) in [5, 5.41) is 9.27. The molecule has 9 nitrogen and oxygen atoms in total. The van der Waals surface area contributed by atoms with E-state index in [9.17, 15) is 14.4 Å². The first-order chi connectivity index (χ1) is 14.0. The lowest BCUT2D eigenvalue weighted by Gasteiger charge is -2.30. The summed E-state index contributed by atoms with van der Waals surface area (Å²) in [5.74, 6) is -0.751. The van der Waals surface area contributed by atoms with Gasteiger partial charge < -0.3 is 20.1 Å². The third-order valence-corrected chi connectivity index (χ3v) is 4.39. The Hall–Kier alpha value is -2.88. The average Bonchev–Trinajstić information content (AvgIpc) is 3.19. The second-order valence-corrected chi connectivity index (χ2v) is 6.50. The molecule has 0 bridgehead atoms. The zero-order valence-corrected chi connectivity index (χ0v) is 17.4. The zero-order valence-electron chi connectivity index (χ0n) is 16.6. The maximum atomic E-state index is 12.7. The standard InChI is InChI=1S/C19H26N4O5S/c1-3-27-16(24)9-10-20-19(29)23-12-6-11-22(23)18(26)21-15-8-5-7-14(13-15)17(25)28-4-2/h5,7-8,13H,3-4,6,9-12H2,1-2H3,(H,20,29)(H,21,26). The number of ether oxygens (including phenoxy) is 2. The minimum absolute atomic E-state index is 0.189. The topological polar surface area (TPSA) is 100 Å². The lowest BCUT2D eigenvalue weighted by molar-refractivity contribution is -0.142. The Morgan fingerprint density at radius 1 is 1.10 bits per heavy atom. The number of thiocarbonyl (C=S) groups is 1. The monoisotopic (exact) mass is 422 g/mol. The molecule has 158 valence electrons. The Kier molecular flexibility index (Phi) is 8.66. The number of hydrogen-bond acceptors (Lipinski definition) is 6. The maximum absolute atomic E-state index is 12.7. The van der Waals surface area contributed by atoms with Gasteiger partial charge in [-0.1, -0.05) is 6.07 Å². The minimum atomic E-state index is -0.446. The number of nitrogens with one attached hydrogen (secondary N) is 2. The summed E-state index contributed by atoms with van der Waals surface area (Å²) in [4.78, 5) is 36.0. The van der Waals surface area contributed by atoms with Gasteiger partial charge in [0.2, 0.25) is 0 Å². The lowest BCUT2D eigenvalue weighted by Crippen LogP contribution is -2.50. The van der Waals surface area contributed by atoms with Crippen LogP contribution in [0.5, 0.6) is 0 Å². The van der Waals surface area contributed by atoms with Gasteiger partial charge in [0.25, 0.3) is 0 Å². The Morgan fingerprint density at radius 3 is 2.55 bits per heavy atom. The highest BCUT2D eigenvalue weighted by molar-refractivity contribution is 7.80. The first kappa shape index (κ1) is 22.4. The fourth-order valence-electron chi connectivity index (χ4n) is 2.76. The van der Waals surface area contributed by atoms with Gasteiger partial charge in [-0.05, 0) is 50.7 Å². The van der Waals surface area contributed by atoms with Crippen LogP contribution in [-0.4, -0.2) is 65.9 Å². The van der Waals surface area contributed by atoms with E-state index in [1.54, 1.807) is 43.1 Å². The third-order valence-electron chi connectivity index (χ3n) is 4.04. The number of carbonyl (C=O) groups is 3. The molecule has 0 saturated carbocycles. The molecule has 0 radical (unpaired) electrons. The van der Waals surface area contributed by atoms with Crippen LogP contribution in [0.3, 0.4) is 0 Å². The third kappa shape index (κ3) is 6.60. The summed E-state index contributed by atoms with van der Waals surface area (Å²) in [6.45, 7) is 5.50. The van der Waals surface area contributed by atoms with Crippen molar-refractivity contribution in [1.82, 2.24) is 15.3 Å². The Balaban J connectivity index is 1.92. The largest absolute Gasteiger partial charge is 0.466 e. The van der Waals surface area contributed by atoms with Crippen LogP contribution in [0.25, 0.3) is 0 Å². The van der Waals surface area contributed by atoms with Crippen LogP contribution < -0.4 is 10.6 Å². The molecule has 0 aliphatic carbocycles. The number of urea groups is 1. The van der Waals surface area contributed by atoms with Crippen molar-refractivity contribution < 1.29 is 23.9 Å². The molecule has 1 aromatic carbocycles. The van der Waals surface area contributed by atoms with E-state index >= 15 is 0 Å². The predicted octanol–water partition coefficient (Wildman–Crippen LogP) is 2.15. The van der Waals surface area contributed by atoms with E-state index in [2.05, 4.69) is 10.6 Å². The molecule has 1 aliphatic heterocycles. The minimum Gasteiger partial charge on any atom is -0.466 e. The van der Waals surface area contributed by atoms with Crippen LogP contribution in [0, 0.1) is 0 Å². The fraction of sp³-hybridized carbons (Fsp3) is 0.474. The van der Waals surface area contributed by atoms with Crippen LogP contribution in [-0.2, 0) is 14.3 Å². The number of hydrogen-bond donors (Lipinski definition) is 2. The van der Waals surface area contributed by atoms with Gasteiger partial charge in [-0.15, -0.1) is 0 Å². The van der Waals surface area contributed by atoms with E-state index in [1.807, 2.05) is 0 Å². The fourth-order valence-corrected chi connectivity index (χ4v) is 3.05. The number of esters is 2. The van der Waals surface area contributed by atoms with Crippen molar-refractivity contribution in [3.8, 4) is 0 Å². The Morgan fingerprint density at radius 2 is 1.83 bits per heavy atom. The molecule has 0 aromatic heterocycles. The highest BCUT2D eigenvalue weighted by Crippen LogP contribution is 2.16. The summed E-state index contributed by atoms with van der Waals surface area (Å²) >= 11 is 5.36. The van der Waals surface area contributed by atoms with Crippen molar-refractivity contribution in [2.45, 2.75) is 26.7 Å². The number of amides is 2. The van der Waals surface area contributed by atoms with Crippen LogP contribution in [0.1, 0.15) is 37.0 Å². The molecule has 1 fully saturated rings. The quantitative estimate of drug-likeness (QED) is 0.509. The molecule has 10 heteroatoms. The zero-order chi connectivity index (χ0) is 21.2. The second kappa shape index (κ2) is 11.2. The second-order valence-electron chi connectivity index (χ2n) is 6.12. The van der Waals surface area contributed by atoms with Gasteiger partial charge in [0.1, 0.15) is 0 Å². The lowest BCUT2D eigenvalue weighted by atomic mass is 10.2. The van der Waals surface area contributed by atoms with Gasteiger partial charge in [-0.3, -0.25) is 9.80 Å². The normalized spacial score (nSPS) is 13.0. The molecule has 0 atom stereocenters. The van der Waals surface area contributed by atoms with E-state index < -0.39 is 5.97 Å². The van der Waals surface area contributed by atoms with Crippen molar-refractivity contribution in [2.75, 3.05) is 38.2 Å². The summed E-state index contributed by atoms with van der Waals surface area (Å²) in [5.41, 5.74) is 0.840. The van der Waals surface area contributed by atoms with Crippen LogP contribution in [0.2, 0.25) is 0 Å². The number of benzene rings is 1. The molecule has 0 spiro atoms. The predicted molar refractivity (Wildman–Crippen MR) is 111 cm³/mol. The number of carbonyl (C=O) groups excluding carboxylic acids is 3. The highest BCUT2D eigenvalue weighted by atomic mass is 32.1. The van der Waals surface area contributed by atoms with Gasteiger partial charge in [-0.25, -0.2) is 14.6 Å². The number of hydrazine groups is 1. The van der Waals surface area contributed by atoms with Crippen molar-refractivity contribution in [3.05, 3.63) is 29.8 Å². The van der Waals surface area contributed by atoms with E-state index in [0.29, 0.717) is 42.6 Å². The van der Waals surface area contributed by atoms with E-state index in [1.165, 1.54) is 5.01 Å². The molecule has 29 heavy (non-hydrogen) atoms. The van der Waals surface area contributed by atoms with Crippen LogP contribution in [0.4, 0.5) is 10.5 Å². The van der Waals surface area contributed by atoms with Gasteiger partial charge in [-0.2, -0.15) is 0 Å². The summed E-state index contributed by atoms with van der Waals surface area (Å²) in [6.07, 6.45) is 0.949. The molecule has 2 N–H and O–H groups in total. The highest BCUT2D eigenvalue weighted by Gasteiger charge is 2.29. The van der Waals surface area contributed by atoms with Crippen molar-refractivity contribution in [3.63, 3.8) is 0 Å². The Labute approximate surface area is 175 Å². The average molecular weight is 423 g/mol. The number of nitrogens with zero attached hydrogens (tertiary/aromatic N) is 2. The van der Waals surface area contributed by atoms with Crippen LogP contribution >= 0.6 is 12.2 Å².